The molecule has 2 aromatic rings. The standard InChI is InChI=1S/C17H20Cl2N4O/c1-11(2)10-22-17-21-8-6-15(23-17)16(24)20-7-5-12-3-4-13(18)9-14(12)19/h3-4,6,8-9,11H,5,7,10H2,1-2H3,(H,20,24)(H,21,22,23). The minimum absolute atomic E-state index is 0.241. The summed E-state index contributed by atoms with van der Waals surface area (Å²) >= 11 is 12.0. The second kappa shape index (κ2) is 8.85. The Morgan fingerprint density at radius 1 is 1.25 bits per heavy atom. The minimum Gasteiger partial charge on any atom is -0.354 e. The summed E-state index contributed by atoms with van der Waals surface area (Å²) in [6, 6.07) is 6.92. The van der Waals surface area contributed by atoms with E-state index in [1.807, 2.05) is 6.07 Å². The van der Waals surface area contributed by atoms with Crippen LogP contribution < -0.4 is 10.6 Å². The summed E-state index contributed by atoms with van der Waals surface area (Å²) in [7, 11) is 0. The van der Waals surface area contributed by atoms with E-state index in [4.69, 9.17) is 23.2 Å². The molecule has 0 aliphatic heterocycles. The molecule has 0 unspecified atom stereocenters. The topological polar surface area (TPSA) is 66.9 Å². The number of amides is 1. The summed E-state index contributed by atoms with van der Waals surface area (Å²) in [4.78, 5) is 20.5. The van der Waals surface area contributed by atoms with Gasteiger partial charge in [0.2, 0.25) is 5.95 Å². The Kier molecular flexibility index (Phi) is 6.82. The molecule has 1 aromatic carbocycles. The molecule has 5 nitrogen and oxygen atoms in total. The van der Waals surface area contributed by atoms with E-state index in [9.17, 15) is 4.79 Å². The Hall–Kier alpha value is -1.85. The summed E-state index contributed by atoms with van der Waals surface area (Å²) in [6.07, 6.45) is 2.19. The van der Waals surface area contributed by atoms with Gasteiger partial charge in [0.25, 0.3) is 5.91 Å². The molecule has 7 heteroatoms. The normalized spacial score (nSPS) is 10.7. The molecule has 2 rings (SSSR count). The Labute approximate surface area is 151 Å². The quantitative estimate of drug-likeness (QED) is 0.781. The van der Waals surface area contributed by atoms with Gasteiger partial charge in [-0.25, -0.2) is 9.97 Å². The molecule has 0 radical (unpaired) electrons. The van der Waals surface area contributed by atoms with E-state index in [1.165, 1.54) is 0 Å². The number of hydrogen-bond donors (Lipinski definition) is 2. The van der Waals surface area contributed by atoms with Gasteiger partial charge in [-0.05, 0) is 36.1 Å². The average Bonchev–Trinajstić information content (AvgIpc) is 2.55. The van der Waals surface area contributed by atoms with Gasteiger partial charge in [0.1, 0.15) is 5.69 Å². The van der Waals surface area contributed by atoms with Crippen molar-refractivity contribution < 1.29 is 4.79 Å². The number of halogens is 2. The third kappa shape index (κ3) is 5.65. The van der Waals surface area contributed by atoms with Gasteiger partial charge in [-0.15, -0.1) is 0 Å². The number of hydrogen-bond acceptors (Lipinski definition) is 4. The molecule has 0 saturated heterocycles. The summed E-state index contributed by atoms with van der Waals surface area (Å²) in [5.74, 6) is 0.683. The first-order chi connectivity index (χ1) is 11.5. The lowest BCUT2D eigenvalue weighted by atomic mass is 10.1. The van der Waals surface area contributed by atoms with Crippen molar-refractivity contribution in [1.29, 1.82) is 0 Å². The summed E-state index contributed by atoms with van der Waals surface area (Å²) in [5.41, 5.74) is 1.27. The molecule has 0 bridgehead atoms. The zero-order valence-corrected chi connectivity index (χ0v) is 15.2. The van der Waals surface area contributed by atoms with Crippen LogP contribution in [0.15, 0.2) is 30.5 Å². The third-order valence-corrected chi connectivity index (χ3v) is 3.84. The maximum Gasteiger partial charge on any atom is 0.270 e. The van der Waals surface area contributed by atoms with Crippen molar-refractivity contribution in [2.75, 3.05) is 18.4 Å². The molecule has 24 heavy (non-hydrogen) atoms. The van der Waals surface area contributed by atoms with Crippen LogP contribution in [-0.4, -0.2) is 29.0 Å². The largest absolute Gasteiger partial charge is 0.354 e. The van der Waals surface area contributed by atoms with Crippen LogP contribution in [0.5, 0.6) is 0 Å². The second-order valence-corrected chi connectivity index (χ2v) is 6.63. The summed E-state index contributed by atoms with van der Waals surface area (Å²) in [6.45, 7) is 5.38. The molecule has 1 aromatic heterocycles. The van der Waals surface area contributed by atoms with Crippen molar-refractivity contribution in [2.45, 2.75) is 20.3 Å². The van der Waals surface area contributed by atoms with Gasteiger partial charge >= 0.3 is 0 Å². The molecule has 0 atom stereocenters. The Morgan fingerprint density at radius 2 is 2.04 bits per heavy atom. The van der Waals surface area contributed by atoms with Gasteiger partial charge in [-0.3, -0.25) is 4.79 Å². The minimum atomic E-state index is -0.241. The number of aromatic nitrogens is 2. The molecule has 128 valence electrons. The van der Waals surface area contributed by atoms with Crippen molar-refractivity contribution in [1.82, 2.24) is 15.3 Å². The van der Waals surface area contributed by atoms with Crippen molar-refractivity contribution in [3.8, 4) is 0 Å². The molecule has 1 amide bonds. The molecular weight excluding hydrogens is 347 g/mol. The lowest BCUT2D eigenvalue weighted by Gasteiger charge is -2.09. The van der Waals surface area contributed by atoms with Crippen molar-refractivity contribution in [2.24, 2.45) is 5.92 Å². The fourth-order valence-corrected chi connectivity index (χ4v) is 2.49. The second-order valence-electron chi connectivity index (χ2n) is 5.78. The van der Waals surface area contributed by atoms with E-state index in [-0.39, 0.29) is 5.91 Å². The molecule has 0 aliphatic carbocycles. The molecular formula is C17H20Cl2N4O. The van der Waals surface area contributed by atoms with Crippen LogP contribution >= 0.6 is 23.2 Å². The van der Waals surface area contributed by atoms with Gasteiger partial charge in [0.15, 0.2) is 0 Å². The smallest absolute Gasteiger partial charge is 0.270 e. The maximum atomic E-state index is 12.2. The number of nitrogens with zero attached hydrogens (tertiary/aromatic N) is 2. The third-order valence-electron chi connectivity index (χ3n) is 3.25. The van der Waals surface area contributed by atoms with Crippen LogP contribution in [0.1, 0.15) is 29.9 Å². The first kappa shape index (κ1) is 18.5. The van der Waals surface area contributed by atoms with E-state index in [0.29, 0.717) is 40.6 Å². The zero-order chi connectivity index (χ0) is 17.5. The van der Waals surface area contributed by atoms with Crippen molar-refractivity contribution in [3.05, 3.63) is 51.8 Å². The van der Waals surface area contributed by atoms with Gasteiger partial charge in [-0.1, -0.05) is 43.1 Å². The number of carbonyl (C=O) groups is 1. The van der Waals surface area contributed by atoms with Gasteiger partial charge < -0.3 is 10.6 Å². The van der Waals surface area contributed by atoms with Crippen LogP contribution in [0, 0.1) is 5.92 Å². The summed E-state index contributed by atoms with van der Waals surface area (Å²) < 4.78 is 0. The number of anilines is 1. The first-order valence-electron chi connectivity index (χ1n) is 7.74. The van der Waals surface area contributed by atoms with Gasteiger partial charge in [-0.2, -0.15) is 0 Å². The predicted octanol–water partition coefficient (Wildman–Crippen LogP) is 3.82. The monoisotopic (exact) mass is 366 g/mol. The average molecular weight is 367 g/mol. The maximum absolute atomic E-state index is 12.2. The number of nitrogens with one attached hydrogen (secondary N) is 2. The van der Waals surface area contributed by atoms with Crippen molar-refractivity contribution >= 4 is 35.1 Å². The predicted molar refractivity (Wildman–Crippen MR) is 97.9 cm³/mol. The highest BCUT2D eigenvalue weighted by Gasteiger charge is 2.09. The highest BCUT2D eigenvalue weighted by atomic mass is 35.5. The van der Waals surface area contributed by atoms with Crippen LogP contribution in [-0.2, 0) is 6.42 Å². The lowest BCUT2D eigenvalue weighted by molar-refractivity contribution is 0.0949. The molecule has 0 spiro atoms. The van der Waals surface area contributed by atoms with E-state index < -0.39 is 0 Å². The van der Waals surface area contributed by atoms with Crippen molar-refractivity contribution in [3.63, 3.8) is 0 Å². The highest BCUT2D eigenvalue weighted by molar-refractivity contribution is 6.35. The number of rotatable bonds is 7. The van der Waals surface area contributed by atoms with Gasteiger partial charge in [0, 0.05) is 29.3 Å². The van der Waals surface area contributed by atoms with E-state index >= 15 is 0 Å². The van der Waals surface area contributed by atoms with E-state index in [1.54, 1.807) is 24.4 Å². The fraction of sp³-hybridized carbons (Fsp3) is 0.353. The van der Waals surface area contributed by atoms with Gasteiger partial charge in [0.05, 0.1) is 0 Å². The fourth-order valence-electron chi connectivity index (χ4n) is 1.99. The molecule has 0 saturated carbocycles. The lowest BCUT2D eigenvalue weighted by Crippen LogP contribution is -2.27. The Balaban J connectivity index is 1.89. The molecule has 2 N–H and O–H groups in total. The molecule has 0 aliphatic rings. The Bertz CT molecular complexity index is 707. The van der Waals surface area contributed by atoms with E-state index in [0.717, 1.165) is 12.1 Å². The summed E-state index contributed by atoms with van der Waals surface area (Å²) in [5, 5.41) is 7.12. The number of carbonyl (C=O) groups excluding carboxylic acids is 1. The van der Waals surface area contributed by atoms with Crippen LogP contribution in [0.2, 0.25) is 10.0 Å². The zero-order valence-electron chi connectivity index (χ0n) is 13.6. The Morgan fingerprint density at radius 3 is 2.75 bits per heavy atom. The highest BCUT2D eigenvalue weighted by Crippen LogP contribution is 2.21. The molecule has 0 fully saturated rings. The van der Waals surface area contributed by atoms with Crippen LogP contribution in [0.4, 0.5) is 5.95 Å². The first-order valence-corrected chi connectivity index (χ1v) is 8.50. The van der Waals surface area contributed by atoms with Crippen LogP contribution in [0.3, 0.4) is 0 Å². The SMILES string of the molecule is CC(C)CNc1nccc(C(=O)NCCc2ccc(Cl)cc2Cl)n1. The van der Waals surface area contributed by atoms with Crippen LogP contribution in [0.25, 0.3) is 0 Å². The van der Waals surface area contributed by atoms with E-state index in [2.05, 4.69) is 34.4 Å². The molecule has 1 heterocycles. The number of benzene rings is 1.